The van der Waals surface area contributed by atoms with Gasteiger partial charge in [-0.2, -0.15) is 5.26 Å². The first-order chi connectivity index (χ1) is 7.02. The second-order valence-corrected chi connectivity index (χ2v) is 4.98. The molecular weight excluding hydrogens is 186 g/mol. The second-order valence-electron chi connectivity index (χ2n) is 4.98. The molecule has 78 valence electrons. The zero-order chi connectivity index (χ0) is 11.1. The Morgan fingerprint density at radius 1 is 1.53 bits per heavy atom. The average Bonchev–Trinajstić information content (AvgIpc) is 2.17. The molecule has 0 saturated carbocycles. The number of rotatable bonds is 0. The summed E-state index contributed by atoms with van der Waals surface area (Å²) in [6.45, 7) is 4.50. The van der Waals surface area contributed by atoms with Crippen LogP contribution in [0, 0.1) is 16.7 Å². The molecule has 0 saturated heterocycles. The average molecular weight is 201 g/mol. The molecule has 3 heteroatoms. The smallest absolute Gasteiger partial charge is 0.141 e. The topological polar surface area (TPSA) is 62.7 Å². The monoisotopic (exact) mass is 201 g/mol. The van der Waals surface area contributed by atoms with Gasteiger partial charge in [-0.15, -0.1) is 0 Å². The number of nitriles is 1. The van der Waals surface area contributed by atoms with Crippen molar-refractivity contribution < 1.29 is 0 Å². The first-order valence-corrected chi connectivity index (χ1v) is 5.20. The molecule has 0 atom stereocenters. The van der Waals surface area contributed by atoms with Gasteiger partial charge in [-0.05, 0) is 36.3 Å². The van der Waals surface area contributed by atoms with Gasteiger partial charge in [-0.25, -0.2) is 4.98 Å². The molecule has 0 aliphatic heterocycles. The number of aryl methyl sites for hydroxylation is 1. The zero-order valence-electron chi connectivity index (χ0n) is 9.17. The molecule has 1 aliphatic rings. The van der Waals surface area contributed by atoms with Crippen LogP contribution >= 0.6 is 0 Å². The molecule has 0 unspecified atom stereocenters. The summed E-state index contributed by atoms with van der Waals surface area (Å²) in [5.41, 5.74) is 8.78. The Balaban J connectivity index is 2.47. The highest BCUT2D eigenvalue weighted by atomic mass is 14.8. The van der Waals surface area contributed by atoms with E-state index in [1.165, 1.54) is 5.56 Å². The number of nitrogens with zero attached hydrogens (tertiary/aromatic N) is 2. The molecule has 0 spiro atoms. The van der Waals surface area contributed by atoms with E-state index in [-0.39, 0.29) is 0 Å². The number of nitrogens with two attached hydrogens (primary N) is 1. The molecule has 1 aromatic rings. The second kappa shape index (κ2) is 3.23. The summed E-state index contributed by atoms with van der Waals surface area (Å²) >= 11 is 0. The van der Waals surface area contributed by atoms with Crippen molar-refractivity contribution in [3.63, 3.8) is 0 Å². The van der Waals surface area contributed by atoms with Crippen LogP contribution in [0.25, 0.3) is 0 Å². The number of hydrogen-bond donors (Lipinski definition) is 1. The van der Waals surface area contributed by atoms with Crippen molar-refractivity contribution in [3.8, 4) is 6.07 Å². The van der Waals surface area contributed by atoms with E-state index in [2.05, 4.69) is 24.9 Å². The van der Waals surface area contributed by atoms with Crippen LogP contribution in [0.4, 0.5) is 5.82 Å². The molecule has 15 heavy (non-hydrogen) atoms. The van der Waals surface area contributed by atoms with Crippen LogP contribution in [0.2, 0.25) is 0 Å². The maximum absolute atomic E-state index is 8.88. The fraction of sp³-hybridized carbons (Fsp3) is 0.500. The molecular formula is C12H15N3. The Bertz CT molecular complexity index is 441. The van der Waals surface area contributed by atoms with E-state index in [9.17, 15) is 0 Å². The van der Waals surface area contributed by atoms with E-state index in [1.807, 2.05) is 6.07 Å². The van der Waals surface area contributed by atoms with Gasteiger partial charge in [0.25, 0.3) is 0 Å². The SMILES string of the molecule is CC1(C)CCc2nc(N)c(C#N)cc2C1. The molecule has 3 nitrogen and oxygen atoms in total. The molecule has 2 rings (SSSR count). The Morgan fingerprint density at radius 2 is 2.27 bits per heavy atom. The summed E-state index contributed by atoms with van der Waals surface area (Å²) in [5, 5.41) is 8.88. The van der Waals surface area contributed by atoms with Gasteiger partial charge in [-0.1, -0.05) is 13.8 Å². The Morgan fingerprint density at radius 3 is 2.93 bits per heavy atom. The molecule has 1 aliphatic carbocycles. The van der Waals surface area contributed by atoms with Crippen molar-refractivity contribution in [3.05, 3.63) is 22.9 Å². The first-order valence-electron chi connectivity index (χ1n) is 5.20. The minimum absolute atomic E-state index is 0.317. The number of aromatic nitrogens is 1. The van der Waals surface area contributed by atoms with Crippen molar-refractivity contribution in [2.24, 2.45) is 5.41 Å². The maximum atomic E-state index is 8.88. The van der Waals surface area contributed by atoms with Gasteiger partial charge in [0, 0.05) is 5.69 Å². The lowest BCUT2D eigenvalue weighted by atomic mass is 9.76. The van der Waals surface area contributed by atoms with Crippen LogP contribution in [-0.4, -0.2) is 4.98 Å². The highest BCUT2D eigenvalue weighted by Gasteiger charge is 2.26. The van der Waals surface area contributed by atoms with Gasteiger partial charge in [0.2, 0.25) is 0 Å². The molecule has 1 aromatic heterocycles. The number of anilines is 1. The fourth-order valence-corrected chi connectivity index (χ4v) is 2.13. The van der Waals surface area contributed by atoms with Crippen molar-refractivity contribution >= 4 is 5.82 Å². The third kappa shape index (κ3) is 1.80. The normalized spacial score (nSPS) is 17.9. The van der Waals surface area contributed by atoms with Crippen LogP contribution in [0.5, 0.6) is 0 Å². The molecule has 0 amide bonds. The van der Waals surface area contributed by atoms with Crippen molar-refractivity contribution in [2.75, 3.05) is 5.73 Å². The number of fused-ring (bicyclic) bond motifs is 1. The number of nitrogen functional groups attached to an aromatic ring is 1. The maximum Gasteiger partial charge on any atom is 0.141 e. The summed E-state index contributed by atoms with van der Waals surface area (Å²) in [7, 11) is 0. The zero-order valence-corrected chi connectivity index (χ0v) is 9.17. The van der Waals surface area contributed by atoms with Gasteiger partial charge in [-0.3, -0.25) is 0 Å². The highest BCUT2D eigenvalue weighted by molar-refractivity contribution is 5.51. The Labute approximate surface area is 89.9 Å². The number of hydrogen-bond acceptors (Lipinski definition) is 3. The molecule has 0 fully saturated rings. The summed E-state index contributed by atoms with van der Waals surface area (Å²) in [4.78, 5) is 4.31. The quantitative estimate of drug-likeness (QED) is 0.698. The Hall–Kier alpha value is -1.56. The standard InChI is InChI=1S/C12H15N3/c1-12(2)4-3-10-8(6-12)5-9(7-13)11(14)15-10/h5H,3-4,6H2,1-2H3,(H2,14,15). The number of pyridine rings is 1. The third-order valence-corrected chi connectivity index (χ3v) is 3.05. The van der Waals surface area contributed by atoms with Crippen LogP contribution in [-0.2, 0) is 12.8 Å². The lowest BCUT2D eigenvalue weighted by Crippen LogP contribution is -2.23. The minimum Gasteiger partial charge on any atom is -0.383 e. The van der Waals surface area contributed by atoms with Crippen molar-refractivity contribution in [1.82, 2.24) is 4.98 Å². The lowest BCUT2D eigenvalue weighted by Gasteiger charge is -2.30. The molecule has 0 bridgehead atoms. The largest absolute Gasteiger partial charge is 0.383 e. The van der Waals surface area contributed by atoms with Gasteiger partial charge < -0.3 is 5.73 Å². The fourth-order valence-electron chi connectivity index (χ4n) is 2.13. The van der Waals surface area contributed by atoms with Crippen LogP contribution in [0.3, 0.4) is 0 Å². The van der Waals surface area contributed by atoms with Gasteiger partial charge in [0.05, 0.1) is 5.56 Å². The highest BCUT2D eigenvalue weighted by Crippen LogP contribution is 2.34. The Kier molecular flexibility index (Phi) is 2.15. The van der Waals surface area contributed by atoms with E-state index < -0.39 is 0 Å². The summed E-state index contributed by atoms with van der Waals surface area (Å²) in [6, 6.07) is 3.99. The summed E-state index contributed by atoms with van der Waals surface area (Å²) < 4.78 is 0. The summed E-state index contributed by atoms with van der Waals surface area (Å²) in [5.74, 6) is 0.371. The minimum atomic E-state index is 0.317. The van der Waals surface area contributed by atoms with Crippen molar-refractivity contribution in [1.29, 1.82) is 5.26 Å². The van der Waals surface area contributed by atoms with E-state index in [1.54, 1.807) is 0 Å². The molecule has 0 aromatic carbocycles. The molecule has 0 radical (unpaired) electrons. The van der Waals surface area contributed by atoms with Crippen LogP contribution in [0.1, 0.15) is 37.1 Å². The van der Waals surface area contributed by atoms with E-state index in [0.29, 0.717) is 16.8 Å². The molecule has 1 heterocycles. The van der Waals surface area contributed by atoms with Gasteiger partial charge >= 0.3 is 0 Å². The van der Waals surface area contributed by atoms with Crippen LogP contribution < -0.4 is 5.73 Å². The van der Waals surface area contributed by atoms with E-state index in [0.717, 1.165) is 25.0 Å². The predicted octanol–water partition coefficient (Wildman–Crippen LogP) is 2.05. The first kappa shape index (κ1) is 9.97. The van der Waals surface area contributed by atoms with Crippen LogP contribution in [0.15, 0.2) is 6.07 Å². The van der Waals surface area contributed by atoms with Crippen molar-refractivity contribution in [2.45, 2.75) is 33.1 Å². The van der Waals surface area contributed by atoms with E-state index >= 15 is 0 Å². The molecule has 2 N–H and O–H groups in total. The van der Waals surface area contributed by atoms with Gasteiger partial charge in [0.15, 0.2) is 0 Å². The van der Waals surface area contributed by atoms with E-state index in [4.69, 9.17) is 11.0 Å². The third-order valence-electron chi connectivity index (χ3n) is 3.05. The summed E-state index contributed by atoms with van der Waals surface area (Å²) in [6.07, 6.45) is 3.10. The predicted molar refractivity (Wildman–Crippen MR) is 59.2 cm³/mol. The van der Waals surface area contributed by atoms with Gasteiger partial charge in [0.1, 0.15) is 11.9 Å². The lowest BCUT2D eigenvalue weighted by molar-refractivity contribution is 0.312.